The minimum absolute atomic E-state index is 0.140. The van der Waals surface area contributed by atoms with Crippen LogP contribution < -0.4 is 10.1 Å². The third kappa shape index (κ3) is 2.73. The van der Waals surface area contributed by atoms with Crippen molar-refractivity contribution >= 4 is 34.9 Å². The minimum atomic E-state index is -0.339. The number of fused-ring (bicyclic) bond motifs is 1. The standard InChI is InChI=1S/C15H12ClN3O2/c1-21-13-7-6-9(8-11(13)16)17-15-18-12-5-3-2-4-10(12)14(20)19-15/h2-8,10H,1H3,(H,17,19,20). The molecule has 0 aromatic heterocycles. The Bertz CT molecular complexity index is 720. The van der Waals surface area contributed by atoms with Crippen molar-refractivity contribution < 1.29 is 9.53 Å². The molecule has 0 saturated heterocycles. The van der Waals surface area contributed by atoms with Crippen LogP contribution in [-0.2, 0) is 4.79 Å². The topological polar surface area (TPSA) is 63.1 Å². The Morgan fingerprint density at radius 3 is 3.00 bits per heavy atom. The number of carbonyl (C=O) groups is 1. The van der Waals surface area contributed by atoms with Crippen molar-refractivity contribution in [3.8, 4) is 5.75 Å². The summed E-state index contributed by atoms with van der Waals surface area (Å²) in [6.45, 7) is 0. The van der Waals surface area contributed by atoms with Crippen LogP contribution in [0.3, 0.4) is 0 Å². The highest BCUT2D eigenvalue weighted by molar-refractivity contribution is 6.32. The highest BCUT2D eigenvalue weighted by Gasteiger charge is 2.27. The Morgan fingerprint density at radius 2 is 2.24 bits per heavy atom. The van der Waals surface area contributed by atoms with Crippen LogP contribution in [0.4, 0.5) is 5.69 Å². The van der Waals surface area contributed by atoms with Gasteiger partial charge < -0.3 is 4.74 Å². The highest BCUT2D eigenvalue weighted by Crippen LogP contribution is 2.28. The fourth-order valence-corrected chi connectivity index (χ4v) is 2.35. The summed E-state index contributed by atoms with van der Waals surface area (Å²) in [5.41, 5.74) is 1.27. The molecule has 1 atom stereocenters. The first-order valence-corrected chi connectivity index (χ1v) is 6.72. The molecule has 1 aliphatic heterocycles. The first-order chi connectivity index (χ1) is 10.2. The Hall–Kier alpha value is -2.40. The van der Waals surface area contributed by atoms with Crippen molar-refractivity contribution in [3.05, 3.63) is 47.5 Å². The van der Waals surface area contributed by atoms with Gasteiger partial charge in [-0.1, -0.05) is 29.8 Å². The number of methoxy groups -OCH3 is 1. The lowest BCUT2D eigenvalue weighted by Crippen LogP contribution is -2.42. The molecule has 1 amide bonds. The number of aliphatic imine (C=N–C) groups is 2. The smallest absolute Gasteiger partial charge is 0.239 e. The summed E-state index contributed by atoms with van der Waals surface area (Å²) < 4.78 is 5.08. The lowest BCUT2D eigenvalue weighted by atomic mass is 9.96. The van der Waals surface area contributed by atoms with Crippen LogP contribution in [0.2, 0.25) is 5.02 Å². The van der Waals surface area contributed by atoms with Crippen LogP contribution >= 0.6 is 11.6 Å². The fraction of sp³-hybridized carbons (Fsp3) is 0.133. The molecule has 0 fully saturated rings. The number of hydrogen-bond donors (Lipinski definition) is 1. The molecule has 0 bridgehead atoms. The summed E-state index contributed by atoms with van der Waals surface area (Å²) in [7, 11) is 1.54. The van der Waals surface area contributed by atoms with Gasteiger partial charge in [-0.15, -0.1) is 0 Å². The van der Waals surface area contributed by atoms with E-state index in [2.05, 4.69) is 15.3 Å². The molecule has 3 rings (SSSR count). The zero-order valence-electron chi connectivity index (χ0n) is 11.2. The van der Waals surface area contributed by atoms with Gasteiger partial charge in [0.15, 0.2) is 0 Å². The summed E-state index contributed by atoms with van der Waals surface area (Å²) >= 11 is 6.05. The quantitative estimate of drug-likeness (QED) is 0.912. The number of allylic oxidation sites excluding steroid dienone is 3. The molecule has 1 heterocycles. The third-order valence-electron chi connectivity index (χ3n) is 3.12. The van der Waals surface area contributed by atoms with E-state index >= 15 is 0 Å². The van der Waals surface area contributed by atoms with Crippen molar-refractivity contribution in [2.45, 2.75) is 0 Å². The first kappa shape index (κ1) is 13.6. The van der Waals surface area contributed by atoms with Gasteiger partial charge in [0.2, 0.25) is 11.9 Å². The summed E-state index contributed by atoms with van der Waals surface area (Å²) in [5.74, 6) is 0.347. The Labute approximate surface area is 126 Å². The molecule has 106 valence electrons. The number of halogens is 1. The zero-order chi connectivity index (χ0) is 14.8. The Balaban J connectivity index is 1.93. The molecule has 0 spiro atoms. The number of guanidine groups is 1. The van der Waals surface area contributed by atoms with Gasteiger partial charge in [-0.05, 0) is 24.3 Å². The van der Waals surface area contributed by atoms with Gasteiger partial charge in [-0.3, -0.25) is 10.1 Å². The van der Waals surface area contributed by atoms with Gasteiger partial charge >= 0.3 is 0 Å². The average Bonchev–Trinajstić information content (AvgIpc) is 2.47. The highest BCUT2D eigenvalue weighted by atomic mass is 35.5. The van der Waals surface area contributed by atoms with Crippen LogP contribution in [0.1, 0.15) is 0 Å². The maximum atomic E-state index is 12.0. The Kier molecular flexibility index (Phi) is 3.58. The number of benzene rings is 1. The second kappa shape index (κ2) is 5.54. The van der Waals surface area contributed by atoms with Crippen LogP contribution in [0.5, 0.6) is 5.75 Å². The summed E-state index contributed by atoms with van der Waals surface area (Å²) in [5, 5.41) is 3.13. The van der Waals surface area contributed by atoms with Crippen LogP contribution in [0.25, 0.3) is 0 Å². The molecule has 1 N–H and O–H groups in total. The normalized spacial score (nSPS) is 21.8. The zero-order valence-corrected chi connectivity index (χ0v) is 12.0. The van der Waals surface area contributed by atoms with Gasteiger partial charge in [0.25, 0.3) is 0 Å². The SMILES string of the molecule is COc1ccc(N=C2N=C3C=CC=CC3C(=O)N2)cc1Cl. The minimum Gasteiger partial charge on any atom is -0.495 e. The maximum absolute atomic E-state index is 12.0. The van der Waals surface area contributed by atoms with Crippen molar-refractivity contribution in [1.29, 1.82) is 0 Å². The first-order valence-electron chi connectivity index (χ1n) is 6.34. The molecule has 0 radical (unpaired) electrons. The molecule has 1 aromatic carbocycles. The second-order valence-corrected chi connectivity index (χ2v) is 4.91. The number of ether oxygens (including phenoxy) is 1. The van der Waals surface area contributed by atoms with Gasteiger partial charge in [0.05, 0.1) is 29.4 Å². The number of amides is 1. The number of hydrogen-bond acceptors (Lipinski definition) is 3. The van der Waals surface area contributed by atoms with Crippen LogP contribution in [0.15, 0.2) is 52.5 Å². The van der Waals surface area contributed by atoms with E-state index in [-0.39, 0.29) is 17.8 Å². The molecule has 6 heteroatoms. The molecule has 1 unspecified atom stereocenters. The molecule has 2 aliphatic rings. The number of rotatable bonds is 2. The lowest BCUT2D eigenvalue weighted by Gasteiger charge is -2.20. The molecule has 21 heavy (non-hydrogen) atoms. The number of nitrogens with one attached hydrogen (secondary N) is 1. The molecule has 1 aliphatic carbocycles. The van der Waals surface area contributed by atoms with E-state index in [4.69, 9.17) is 16.3 Å². The van der Waals surface area contributed by atoms with Crippen LogP contribution in [0, 0.1) is 5.92 Å². The second-order valence-electron chi connectivity index (χ2n) is 4.50. The average molecular weight is 302 g/mol. The maximum Gasteiger partial charge on any atom is 0.239 e. The monoisotopic (exact) mass is 301 g/mol. The van der Waals surface area contributed by atoms with E-state index in [9.17, 15) is 4.79 Å². The van der Waals surface area contributed by atoms with E-state index in [0.717, 1.165) is 0 Å². The Morgan fingerprint density at radius 1 is 1.38 bits per heavy atom. The van der Waals surface area contributed by atoms with Crippen molar-refractivity contribution in [3.63, 3.8) is 0 Å². The number of carbonyl (C=O) groups excluding carboxylic acids is 1. The van der Waals surface area contributed by atoms with E-state index in [1.54, 1.807) is 37.5 Å². The van der Waals surface area contributed by atoms with E-state index < -0.39 is 0 Å². The van der Waals surface area contributed by atoms with E-state index in [1.807, 2.05) is 12.2 Å². The summed E-state index contributed by atoms with van der Waals surface area (Å²) in [6.07, 6.45) is 7.28. The molecular weight excluding hydrogens is 290 g/mol. The van der Waals surface area contributed by atoms with Gasteiger partial charge in [0.1, 0.15) is 5.75 Å². The predicted molar refractivity (Wildman–Crippen MR) is 82.4 cm³/mol. The lowest BCUT2D eigenvalue weighted by molar-refractivity contribution is -0.120. The van der Waals surface area contributed by atoms with Gasteiger partial charge in [-0.25, -0.2) is 9.98 Å². The van der Waals surface area contributed by atoms with Gasteiger partial charge in [-0.2, -0.15) is 0 Å². The largest absolute Gasteiger partial charge is 0.495 e. The summed E-state index contributed by atoms with van der Waals surface area (Å²) in [6, 6.07) is 5.11. The van der Waals surface area contributed by atoms with Gasteiger partial charge in [0, 0.05) is 0 Å². The molecule has 1 aromatic rings. The van der Waals surface area contributed by atoms with Crippen LogP contribution in [-0.4, -0.2) is 24.7 Å². The summed E-state index contributed by atoms with van der Waals surface area (Å²) in [4.78, 5) is 20.6. The van der Waals surface area contributed by atoms with Crippen molar-refractivity contribution in [2.75, 3.05) is 7.11 Å². The van der Waals surface area contributed by atoms with Crippen molar-refractivity contribution in [2.24, 2.45) is 15.9 Å². The molecule has 0 saturated carbocycles. The molecule has 5 nitrogen and oxygen atoms in total. The van der Waals surface area contributed by atoms with E-state index in [0.29, 0.717) is 22.2 Å². The predicted octanol–water partition coefficient (Wildman–Crippen LogP) is 2.65. The molecular formula is C15H12ClN3O2. The van der Waals surface area contributed by atoms with Crippen molar-refractivity contribution in [1.82, 2.24) is 5.32 Å². The fourth-order valence-electron chi connectivity index (χ4n) is 2.10. The number of nitrogens with zero attached hydrogens (tertiary/aromatic N) is 2. The van der Waals surface area contributed by atoms with E-state index in [1.165, 1.54) is 0 Å². The third-order valence-corrected chi connectivity index (χ3v) is 3.42.